The monoisotopic (exact) mass is 364 g/mol. The minimum atomic E-state index is -0.330. The molecular weight excluding hydrogens is 352 g/mol. The summed E-state index contributed by atoms with van der Waals surface area (Å²) in [4.78, 5) is 29.3. The molecule has 0 unspecified atom stereocenters. The molecule has 3 aromatic rings. The number of carbonyl (C=O) groups excluding carboxylic acids is 1. The van der Waals surface area contributed by atoms with Gasteiger partial charge < -0.3 is 5.32 Å². The van der Waals surface area contributed by atoms with Gasteiger partial charge in [0.15, 0.2) is 10.8 Å². The predicted octanol–water partition coefficient (Wildman–Crippen LogP) is -0.294. The highest BCUT2D eigenvalue weighted by Crippen LogP contribution is 2.17. The van der Waals surface area contributed by atoms with Crippen LogP contribution < -0.4 is 21.5 Å². The molecule has 128 valence electrons. The number of hydrogen-bond acceptors (Lipinski definition) is 6. The molecule has 1 amide bonds. The number of nitrogens with one attached hydrogen (secondary N) is 2. The van der Waals surface area contributed by atoms with E-state index in [2.05, 4.69) is 21.8 Å². The van der Waals surface area contributed by atoms with Crippen LogP contribution in [0.15, 0.2) is 29.1 Å². The molecule has 1 fully saturated rings. The van der Waals surface area contributed by atoms with E-state index in [1.54, 1.807) is 25.1 Å². The topological polar surface area (TPSA) is 103 Å². The Labute approximate surface area is 152 Å². The van der Waals surface area contributed by atoms with E-state index in [9.17, 15) is 14.9 Å². The van der Waals surface area contributed by atoms with E-state index in [-0.39, 0.29) is 28.3 Å². The lowest BCUT2D eigenvalue weighted by molar-refractivity contribution is -0.125. The van der Waals surface area contributed by atoms with Gasteiger partial charge in [0.25, 0.3) is 11.5 Å². The maximum Gasteiger partial charge on any atom is 0.267 e. The van der Waals surface area contributed by atoms with Crippen molar-refractivity contribution in [3.63, 3.8) is 0 Å². The smallest absolute Gasteiger partial charge is 0.267 e. The molecule has 0 aliphatic carbocycles. The summed E-state index contributed by atoms with van der Waals surface area (Å²) in [5.74, 6) is -0.258. The summed E-state index contributed by atoms with van der Waals surface area (Å²) in [5.41, 5.74) is 4.78. The van der Waals surface area contributed by atoms with Crippen LogP contribution in [0.25, 0.3) is 22.9 Å². The Morgan fingerprint density at radius 3 is 2.85 bits per heavy atom. The number of fused-ring (bicyclic) bond motifs is 3. The summed E-state index contributed by atoms with van der Waals surface area (Å²) < 4.78 is 1.41. The quantitative estimate of drug-likeness (QED) is 0.602. The van der Waals surface area contributed by atoms with Crippen molar-refractivity contribution in [3.8, 4) is 6.07 Å². The lowest BCUT2D eigenvalue weighted by atomic mass is 10.1. The molecule has 1 aromatic carbocycles. The van der Waals surface area contributed by atoms with Gasteiger partial charge in [0, 0.05) is 6.20 Å². The van der Waals surface area contributed by atoms with Crippen molar-refractivity contribution in [2.75, 3.05) is 6.54 Å². The van der Waals surface area contributed by atoms with Gasteiger partial charge in [-0.15, -0.1) is 0 Å². The van der Waals surface area contributed by atoms with Crippen molar-refractivity contribution < 1.29 is 4.79 Å². The van der Waals surface area contributed by atoms with E-state index < -0.39 is 0 Å². The molecule has 8 nitrogen and oxygen atoms in total. The summed E-state index contributed by atoms with van der Waals surface area (Å²) in [6, 6.07) is 9.30. The molecule has 0 saturated carbocycles. The van der Waals surface area contributed by atoms with E-state index in [0.29, 0.717) is 27.8 Å². The number of imidazole rings is 1. The molecule has 0 spiro atoms. The number of para-hydroxylation sites is 2. The van der Waals surface area contributed by atoms with E-state index in [4.69, 9.17) is 12.2 Å². The SMILES string of the molecule is Cc1c(C#N)c2nc3ccccc3n2c(=O)/c1=C\NN1C(=O)CNC1=S. The third-order valence-electron chi connectivity index (χ3n) is 4.29. The third kappa shape index (κ3) is 2.20. The van der Waals surface area contributed by atoms with E-state index >= 15 is 0 Å². The first-order chi connectivity index (χ1) is 12.5. The van der Waals surface area contributed by atoms with Crippen LogP contribution in [0.4, 0.5) is 0 Å². The minimum absolute atomic E-state index is 0.0948. The Morgan fingerprint density at radius 1 is 1.38 bits per heavy atom. The number of carbonyl (C=O) groups is 1. The van der Waals surface area contributed by atoms with Gasteiger partial charge in [-0.3, -0.25) is 19.4 Å². The van der Waals surface area contributed by atoms with Gasteiger partial charge in [-0.05, 0) is 36.8 Å². The minimum Gasteiger partial charge on any atom is -0.352 e. The highest BCUT2D eigenvalue weighted by Gasteiger charge is 2.24. The van der Waals surface area contributed by atoms with Crippen molar-refractivity contribution >= 4 is 46.1 Å². The Morgan fingerprint density at radius 2 is 2.15 bits per heavy atom. The van der Waals surface area contributed by atoms with Gasteiger partial charge in [0.2, 0.25) is 0 Å². The van der Waals surface area contributed by atoms with Crippen molar-refractivity contribution in [2.45, 2.75) is 6.92 Å². The summed E-state index contributed by atoms with van der Waals surface area (Å²) in [6.07, 6.45) is 1.39. The summed E-state index contributed by atoms with van der Waals surface area (Å²) in [5, 5.41) is 14.0. The van der Waals surface area contributed by atoms with Crippen molar-refractivity contribution in [1.29, 1.82) is 5.26 Å². The maximum absolute atomic E-state index is 13.1. The van der Waals surface area contributed by atoms with Crippen LogP contribution in [-0.2, 0) is 4.79 Å². The average molecular weight is 364 g/mol. The molecular formula is C17H12N6O2S. The van der Waals surface area contributed by atoms with Gasteiger partial charge in [-0.2, -0.15) is 10.3 Å². The summed E-state index contributed by atoms with van der Waals surface area (Å²) in [7, 11) is 0. The standard InChI is InChI=1S/C17H12N6O2S/c1-9-10(6-18)15-21-12-4-2-3-5-13(12)22(15)16(25)11(9)7-20-23-14(24)8-19-17(23)26/h2-5,7,20H,8H2,1H3,(H,19,26)/b11-7-. The number of thiocarbonyl (C=S) groups is 1. The van der Waals surface area contributed by atoms with E-state index in [1.807, 2.05) is 6.07 Å². The number of nitriles is 1. The Kier molecular flexibility index (Phi) is 3.56. The van der Waals surface area contributed by atoms with Crippen LogP contribution in [0.2, 0.25) is 0 Å². The normalized spacial score (nSPS) is 14.9. The molecule has 0 radical (unpaired) electrons. The maximum atomic E-state index is 13.1. The lowest BCUT2D eigenvalue weighted by Gasteiger charge is -2.13. The molecule has 2 N–H and O–H groups in total. The molecule has 26 heavy (non-hydrogen) atoms. The zero-order valence-corrected chi connectivity index (χ0v) is 14.4. The number of hydrogen-bond donors (Lipinski definition) is 2. The zero-order chi connectivity index (χ0) is 18.4. The fourth-order valence-corrected chi connectivity index (χ4v) is 3.20. The number of benzene rings is 1. The van der Waals surface area contributed by atoms with Crippen molar-refractivity contribution in [3.05, 3.63) is 51.0 Å². The van der Waals surface area contributed by atoms with Crippen molar-refractivity contribution in [1.82, 2.24) is 25.1 Å². The molecule has 9 heteroatoms. The highest BCUT2D eigenvalue weighted by molar-refractivity contribution is 7.80. The number of hydrazine groups is 1. The molecule has 1 aliphatic heterocycles. The first kappa shape index (κ1) is 16.0. The first-order valence-electron chi connectivity index (χ1n) is 7.74. The molecule has 1 saturated heterocycles. The Bertz CT molecular complexity index is 1240. The van der Waals surface area contributed by atoms with E-state index in [1.165, 1.54) is 10.6 Å². The molecule has 0 atom stereocenters. The predicted molar refractivity (Wildman–Crippen MR) is 98.7 cm³/mol. The van der Waals surface area contributed by atoms with Gasteiger partial charge >= 0.3 is 0 Å². The average Bonchev–Trinajstić information content (AvgIpc) is 3.16. The fraction of sp³-hybridized carbons (Fsp3) is 0.118. The summed E-state index contributed by atoms with van der Waals surface area (Å²) >= 11 is 5.04. The second-order valence-electron chi connectivity index (χ2n) is 5.75. The number of nitrogens with zero attached hydrogens (tertiary/aromatic N) is 4. The molecule has 3 heterocycles. The van der Waals surface area contributed by atoms with Gasteiger partial charge in [0.1, 0.15) is 6.07 Å². The first-order valence-corrected chi connectivity index (χ1v) is 8.14. The van der Waals surface area contributed by atoms with Crippen LogP contribution in [0.3, 0.4) is 0 Å². The molecule has 4 rings (SSSR count). The van der Waals surface area contributed by atoms with Crippen LogP contribution in [0, 0.1) is 18.3 Å². The van der Waals surface area contributed by atoms with Crippen LogP contribution in [-0.4, -0.2) is 32.0 Å². The number of rotatable bonds is 2. The second-order valence-corrected chi connectivity index (χ2v) is 6.14. The lowest BCUT2D eigenvalue weighted by Crippen LogP contribution is -2.43. The van der Waals surface area contributed by atoms with Gasteiger partial charge in [0.05, 0.1) is 28.4 Å². The molecule has 0 bridgehead atoms. The largest absolute Gasteiger partial charge is 0.352 e. The zero-order valence-electron chi connectivity index (χ0n) is 13.6. The fourth-order valence-electron chi connectivity index (χ4n) is 2.97. The van der Waals surface area contributed by atoms with Gasteiger partial charge in [-0.1, -0.05) is 12.1 Å². The Balaban J connectivity index is 2.01. The highest BCUT2D eigenvalue weighted by atomic mass is 32.1. The third-order valence-corrected chi connectivity index (χ3v) is 4.62. The van der Waals surface area contributed by atoms with Crippen LogP contribution in [0.5, 0.6) is 0 Å². The number of pyridine rings is 1. The molecule has 2 aromatic heterocycles. The second kappa shape index (κ2) is 5.79. The Hall–Kier alpha value is -3.51. The van der Waals surface area contributed by atoms with E-state index in [0.717, 1.165) is 5.01 Å². The van der Waals surface area contributed by atoms with Crippen molar-refractivity contribution in [2.24, 2.45) is 0 Å². The van der Waals surface area contributed by atoms with Gasteiger partial charge in [-0.25, -0.2) is 4.98 Å². The van der Waals surface area contributed by atoms with Crippen LogP contribution >= 0.6 is 12.2 Å². The number of aromatic nitrogens is 2. The van der Waals surface area contributed by atoms with Crippen LogP contribution in [0.1, 0.15) is 11.1 Å². The molecule has 1 aliphatic rings. The number of amides is 1. The summed E-state index contributed by atoms with van der Waals surface area (Å²) in [6.45, 7) is 1.77.